The molecule has 0 N–H and O–H groups in total. The van der Waals surface area contributed by atoms with Gasteiger partial charge in [0.15, 0.2) is 0 Å². The molecule has 1 aromatic carbocycles. The van der Waals surface area contributed by atoms with Gasteiger partial charge in [-0.2, -0.15) is 0 Å². The molecule has 2 nitrogen and oxygen atoms in total. The van der Waals surface area contributed by atoms with Crippen LogP contribution in [-0.2, 0) is 9.53 Å². The van der Waals surface area contributed by atoms with Crippen molar-refractivity contribution in [1.82, 2.24) is 0 Å². The van der Waals surface area contributed by atoms with Gasteiger partial charge in [-0.1, -0.05) is 55.3 Å². The Balaban J connectivity index is 2.23. The molecule has 2 rings (SSSR count). The third-order valence-electron chi connectivity index (χ3n) is 3.76. The zero-order valence-corrected chi connectivity index (χ0v) is 11.1. The molecule has 1 aromatic rings. The standard InChI is InChI=1S/C16H20O2/c1-3-12-9-14(15(11-12)16(17)18-2)10-13-7-5-4-6-8-13/h4-8,10,12,15H,3,9,11H2,1-2H3/b14-10-. The normalized spacial score (nSPS) is 25.3. The van der Waals surface area contributed by atoms with Crippen molar-refractivity contribution < 1.29 is 9.53 Å². The van der Waals surface area contributed by atoms with Gasteiger partial charge in [0.25, 0.3) is 0 Å². The zero-order valence-electron chi connectivity index (χ0n) is 11.1. The van der Waals surface area contributed by atoms with Crippen molar-refractivity contribution in [3.8, 4) is 0 Å². The molecule has 0 radical (unpaired) electrons. The molecule has 1 aliphatic carbocycles. The van der Waals surface area contributed by atoms with Crippen LogP contribution in [0.1, 0.15) is 31.7 Å². The first-order valence-electron chi connectivity index (χ1n) is 6.58. The van der Waals surface area contributed by atoms with Crippen LogP contribution in [0.2, 0.25) is 0 Å². The van der Waals surface area contributed by atoms with Gasteiger partial charge in [-0.15, -0.1) is 0 Å². The first-order chi connectivity index (χ1) is 8.74. The summed E-state index contributed by atoms with van der Waals surface area (Å²) in [4.78, 5) is 11.8. The van der Waals surface area contributed by atoms with Crippen molar-refractivity contribution in [3.05, 3.63) is 41.5 Å². The minimum Gasteiger partial charge on any atom is -0.469 e. The zero-order chi connectivity index (χ0) is 13.0. The smallest absolute Gasteiger partial charge is 0.312 e. The summed E-state index contributed by atoms with van der Waals surface area (Å²) in [6, 6.07) is 10.2. The van der Waals surface area contributed by atoms with Crippen LogP contribution in [0.3, 0.4) is 0 Å². The summed E-state index contributed by atoms with van der Waals surface area (Å²) in [5.74, 6) is 0.484. The highest BCUT2D eigenvalue weighted by Gasteiger charge is 2.33. The van der Waals surface area contributed by atoms with E-state index in [1.165, 1.54) is 12.7 Å². The molecule has 2 heteroatoms. The third kappa shape index (κ3) is 2.81. The van der Waals surface area contributed by atoms with E-state index in [1.54, 1.807) is 0 Å². The number of carbonyl (C=O) groups is 1. The molecular formula is C16H20O2. The molecule has 2 unspecified atom stereocenters. The van der Waals surface area contributed by atoms with Crippen LogP contribution in [0.4, 0.5) is 0 Å². The van der Waals surface area contributed by atoms with Crippen LogP contribution >= 0.6 is 0 Å². The summed E-state index contributed by atoms with van der Waals surface area (Å²) in [7, 11) is 1.47. The molecule has 1 saturated carbocycles. The second kappa shape index (κ2) is 5.85. The topological polar surface area (TPSA) is 26.3 Å². The number of hydrogen-bond donors (Lipinski definition) is 0. The predicted octanol–water partition coefficient (Wildman–Crippen LogP) is 3.68. The van der Waals surface area contributed by atoms with Crippen molar-refractivity contribution >= 4 is 12.0 Å². The molecule has 0 spiro atoms. The first-order valence-corrected chi connectivity index (χ1v) is 6.58. The van der Waals surface area contributed by atoms with Crippen LogP contribution in [0.15, 0.2) is 35.9 Å². The van der Waals surface area contributed by atoms with Gasteiger partial charge in [-0.25, -0.2) is 0 Å². The Morgan fingerprint density at radius 3 is 2.72 bits per heavy atom. The molecular weight excluding hydrogens is 224 g/mol. The van der Waals surface area contributed by atoms with E-state index in [2.05, 4.69) is 25.1 Å². The number of benzene rings is 1. The minimum absolute atomic E-state index is 0.0415. The number of ether oxygens (including phenoxy) is 1. The Bertz CT molecular complexity index is 434. The fourth-order valence-electron chi connectivity index (χ4n) is 2.67. The monoisotopic (exact) mass is 244 g/mol. The lowest BCUT2D eigenvalue weighted by atomic mass is 10.0. The first kappa shape index (κ1) is 12.9. The summed E-state index contributed by atoms with van der Waals surface area (Å²) in [6.45, 7) is 2.18. The Hall–Kier alpha value is -1.57. The van der Waals surface area contributed by atoms with Crippen molar-refractivity contribution in [2.45, 2.75) is 26.2 Å². The average molecular weight is 244 g/mol. The SMILES string of the molecule is CCC1C/C(=C/c2ccccc2)C(C(=O)OC)C1. The number of esters is 1. The fourth-order valence-corrected chi connectivity index (χ4v) is 2.67. The number of methoxy groups -OCH3 is 1. The molecule has 18 heavy (non-hydrogen) atoms. The Morgan fingerprint density at radius 1 is 1.39 bits per heavy atom. The van der Waals surface area contributed by atoms with E-state index in [9.17, 15) is 4.79 Å². The highest BCUT2D eigenvalue weighted by molar-refractivity contribution is 5.78. The van der Waals surface area contributed by atoms with Gasteiger partial charge in [-0.05, 0) is 24.3 Å². The quantitative estimate of drug-likeness (QED) is 0.758. The van der Waals surface area contributed by atoms with Crippen LogP contribution in [0.5, 0.6) is 0 Å². The lowest BCUT2D eigenvalue weighted by Gasteiger charge is -2.09. The molecule has 0 amide bonds. The summed E-state index contributed by atoms with van der Waals surface area (Å²) in [5, 5.41) is 0. The van der Waals surface area contributed by atoms with Gasteiger partial charge in [0, 0.05) is 0 Å². The summed E-state index contributed by atoms with van der Waals surface area (Å²) in [6.07, 6.45) is 5.23. The van der Waals surface area contributed by atoms with E-state index in [4.69, 9.17) is 4.74 Å². The maximum atomic E-state index is 11.8. The predicted molar refractivity (Wildman–Crippen MR) is 72.9 cm³/mol. The second-order valence-electron chi connectivity index (χ2n) is 4.92. The lowest BCUT2D eigenvalue weighted by molar-refractivity contribution is -0.144. The number of rotatable bonds is 3. The minimum atomic E-state index is -0.0897. The number of hydrogen-bond acceptors (Lipinski definition) is 2. The summed E-state index contributed by atoms with van der Waals surface area (Å²) in [5.41, 5.74) is 2.39. The molecule has 2 atom stereocenters. The molecule has 0 aliphatic heterocycles. The maximum absolute atomic E-state index is 11.8. The highest BCUT2D eigenvalue weighted by atomic mass is 16.5. The Kier molecular flexibility index (Phi) is 4.19. The van der Waals surface area contributed by atoms with E-state index in [-0.39, 0.29) is 11.9 Å². The number of carbonyl (C=O) groups excluding carboxylic acids is 1. The molecule has 1 fully saturated rings. The van der Waals surface area contributed by atoms with E-state index >= 15 is 0 Å². The molecule has 0 saturated heterocycles. The van der Waals surface area contributed by atoms with E-state index in [0.29, 0.717) is 5.92 Å². The highest BCUT2D eigenvalue weighted by Crippen LogP contribution is 2.39. The van der Waals surface area contributed by atoms with Crippen LogP contribution in [0, 0.1) is 11.8 Å². The van der Waals surface area contributed by atoms with Gasteiger partial charge < -0.3 is 4.74 Å². The van der Waals surface area contributed by atoms with Gasteiger partial charge in [0.1, 0.15) is 0 Å². The molecule has 1 aliphatic rings. The summed E-state index contributed by atoms with van der Waals surface area (Å²) >= 11 is 0. The van der Waals surface area contributed by atoms with Crippen molar-refractivity contribution in [2.75, 3.05) is 7.11 Å². The van der Waals surface area contributed by atoms with Crippen molar-refractivity contribution in [2.24, 2.45) is 11.8 Å². The van der Waals surface area contributed by atoms with Crippen molar-refractivity contribution in [3.63, 3.8) is 0 Å². The largest absolute Gasteiger partial charge is 0.469 e. The van der Waals surface area contributed by atoms with Gasteiger partial charge in [0.05, 0.1) is 13.0 Å². The fraction of sp³-hybridized carbons (Fsp3) is 0.438. The van der Waals surface area contributed by atoms with Crippen LogP contribution in [-0.4, -0.2) is 13.1 Å². The van der Waals surface area contributed by atoms with E-state index < -0.39 is 0 Å². The van der Waals surface area contributed by atoms with Gasteiger partial charge in [-0.3, -0.25) is 4.79 Å². The Morgan fingerprint density at radius 2 is 2.11 bits per heavy atom. The van der Waals surface area contributed by atoms with Gasteiger partial charge >= 0.3 is 5.97 Å². The van der Waals surface area contributed by atoms with E-state index in [0.717, 1.165) is 24.8 Å². The Labute approximate surface area is 109 Å². The molecule has 0 heterocycles. The molecule has 96 valence electrons. The third-order valence-corrected chi connectivity index (χ3v) is 3.76. The molecule has 0 aromatic heterocycles. The lowest BCUT2D eigenvalue weighted by Crippen LogP contribution is -2.14. The van der Waals surface area contributed by atoms with Crippen molar-refractivity contribution in [1.29, 1.82) is 0 Å². The van der Waals surface area contributed by atoms with Crippen LogP contribution in [0.25, 0.3) is 6.08 Å². The van der Waals surface area contributed by atoms with E-state index in [1.807, 2.05) is 18.2 Å². The second-order valence-corrected chi connectivity index (χ2v) is 4.92. The average Bonchev–Trinajstić information content (AvgIpc) is 2.82. The van der Waals surface area contributed by atoms with Gasteiger partial charge in [0.2, 0.25) is 0 Å². The van der Waals surface area contributed by atoms with Crippen LogP contribution < -0.4 is 0 Å². The maximum Gasteiger partial charge on any atom is 0.312 e. The molecule has 0 bridgehead atoms. The summed E-state index contributed by atoms with van der Waals surface area (Å²) < 4.78 is 4.92.